The summed E-state index contributed by atoms with van der Waals surface area (Å²) in [4.78, 5) is 0. The van der Waals surface area contributed by atoms with Crippen molar-refractivity contribution in [1.82, 2.24) is 0 Å². The van der Waals surface area contributed by atoms with E-state index in [0.29, 0.717) is 39.6 Å². The van der Waals surface area contributed by atoms with Gasteiger partial charge in [0, 0.05) is 18.8 Å². The van der Waals surface area contributed by atoms with Crippen LogP contribution in [0.3, 0.4) is 0 Å². The molecule has 0 aliphatic rings. The molecule has 0 saturated carbocycles. The molecule has 0 aromatic carbocycles. The molecule has 0 spiro atoms. The second-order valence-corrected chi connectivity index (χ2v) is 8.79. The van der Waals surface area contributed by atoms with Gasteiger partial charge in [-0.2, -0.15) is 0 Å². The van der Waals surface area contributed by atoms with Gasteiger partial charge in [0.05, 0.1) is 52.9 Å². The topological polar surface area (TPSA) is 95.8 Å². The van der Waals surface area contributed by atoms with Gasteiger partial charge in [-0.1, -0.05) is 13.8 Å². The third-order valence-corrected chi connectivity index (χ3v) is 6.66. The molecular weight excluding hydrogens is 348 g/mol. The van der Waals surface area contributed by atoms with Crippen LogP contribution in [-0.4, -0.2) is 91.2 Å². The van der Waals surface area contributed by atoms with Crippen molar-refractivity contribution in [3.05, 3.63) is 0 Å². The van der Waals surface area contributed by atoms with Gasteiger partial charge in [-0.25, -0.2) is 0 Å². The highest BCUT2D eigenvalue weighted by Crippen LogP contribution is 2.24. The Bertz CT molecular complexity index is 287. The van der Waals surface area contributed by atoms with Crippen LogP contribution in [0.15, 0.2) is 0 Å². The van der Waals surface area contributed by atoms with Crippen LogP contribution in [0.5, 0.6) is 0 Å². The van der Waals surface area contributed by atoms with Crippen LogP contribution in [0.1, 0.15) is 27.7 Å². The maximum atomic E-state index is 9.28. The summed E-state index contributed by atoms with van der Waals surface area (Å²) < 4.78 is 33.6. The zero-order valence-corrected chi connectivity index (χ0v) is 17.1. The fraction of sp³-hybridized carbons (Fsp3) is 1.00. The molecular formula is C16H36O8Si. The molecule has 0 heterocycles. The lowest BCUT2D eigenvalue weighted by Crippen LogP contribution is -2.49. The molecule has 0 aromatic rings. The molecule has 25 heavy (non-hydrogen) atoms. The minimum Gasteiger partial charge on any atom is -0.394 e. The molecule has 9 heteroatoms. The van der Waals surface area contributed by atoms with E-state index in [2.05, 4.69) is 0 Å². The van der Waals surface area contributed by atoms with E-state index >= 15 is 0 Å². The molecule has 0 fully saturated rings. The van der Waals surface area contributed by atoms with Gasteiger partial charge >= 0.3 is 8.80 Å². The first-order valence-electron chi connectivity index (χ1n) is 8.96. The summed E-state index contributed by atoms with van der Waals surface area (Å²) in [6.45, 7) is 10.8. The summed E-state index contributed by atoms with van der Waals surface area (Å²) in [5.74, 6) is 0. The third-order valence-electron chi connectivity index (χ3n) is 3.25. The van der Waals surface area contributed by atoms with Gasteiger partial charge in [-0.3, -0.25) is 0 Å². The lowest BCUT2D eigenvalue weighted by Gasteiger charge is -2.32. The van der Waals surface area contributed by atoms with E-state index in [4.69, 9.17) is 32.6 Å². The monoisotopic (exact) mass is 384 g/mol. The summed E-state index contributed by atoms with van der Waals surface area (Å²) in [5, 5.41) is 17.9. The molecule has 2 N–H and O–H groups in total. The maximum Gasteiger partial charge on any atom is 0.503 e. The number of ether oxygens (including phenoxy) is 3. The Balaban J connectivity index is 4.02. The highest BCUT2D eigenvalue weighted by atomic mass is 28.4. The SMILES string of the molecule is CCO[Si](OCC)(OCCOCC(CO)OCCOCCO)C(C)C. The van der Waals surface area contributed by atoms with Gasteiger partial charge in [0.1, 0.15) is 6.10 Å². The van der Waals surface area contributed by atoms with Crippen molar-refractivity contribution in [3.8, 4) is 0 Å². The molecule has 1 unspecified atom stereocenters. The van der Waals surface area contributed by atoms with E-state index in [1.807, 2.05) is 27.7 Å². The standard InChI is InChI=1S/C16H36O8Si/c1-5-22-25(15(3)4,23-6-2)24-12-10-20-14-16(13-18)21-11-9-19-8-7-17/h15-18H,5-14H2,1-4H3. The van der Waals surface area contributed by atoms with Crippen molar-refractivity contribution in [2.45, 2.75) is 39.3 Å². The summed E-state index contributed by atoms with van der Waals surface area (Å²) >= 11 is 0. The second kappa shape index (κ2) is 16.1. The summed E-state index contributed by atoms with van der Waals surface area (Å²) in [6.07, 6.45) is -0.413. The number of hydrogen-bond donors (Lipinski definition) is 2. The highest BCUT2D eigenvalue weighted by Gasteiger charge is 2.44. The molecule has 0 rings (SSSR count). The Morgan fingerprint density at radius 3 is 1.96 bits per heavy atom. The van der Waals surface area contributed by atoms with Crippen molar-refractivity contribution in [1.29, 1.82) is 0 Å². The van der Waals surface area contributed by atoms with Gasteiger partial charge in [0.15, 0.2) is 0 Å². The van der Waals surface area contributed by atoms with E-state index in [9.17, 15) is 5.11 Å². The Kier molecular flexibility index (Phi) is 16.0. The predicted octanol–water partition coefficient (Wildman–Crippen LogP) is 0.828. The second-order valence-electron chi connectivity index (χ2n) is 5.56. The molecule has 1 atom stereocenters. The van der Waals surface area contributed by atoms with Crippen molar-refractivity contribution in [3.63, 3.8) is 0 Å². The minimum absolute atomic E-state index is 0.0167. The van der Waals surface area contributed by atoms with Crippen LogP contribution in [-0.2, 0) is 27.5 Å². The van der Waals surface area contributed by atoms with Crippen LogP contribution < -0.4 is 0 Å². The quantitative estimate of drug-likeness (QED) is 0.265. The lowest BCUT2D eigenvalue weighted by atomic mass is 10.4. The van der Waals surface area contributed by atoms with E-state index in [1.165, 1.54) is 0 Å². The summed E-state index contributed by atoms with van der Waals surface area (Å²) in [6, 6.07) is 0. The van der Waals surface area contributed by atoms with E-state index in [1.54, 1.807) is 0 Å². The fourth-order valence-electron chi connectivity index (χ4n) is 2.08. The highest BCUT2D eigenvalue weighted by molar-refractivity contribution is 6.62. The van der Waals surface area contributed by atoms with Gasteiger partial charge in [0.2, 0.25) is 0 Å². The molecule has 0 aliphatic carbocycles. The van der Waals surface area contributed by atoms with Crippen LogP contribution in [0, 0.1) is 0 Å². The van der Waals surface area contributed by atoms with Crippen molar-refractivity contribution < 1.29 is 37.7 Å². The Hall–Kier alpha value is -0.103. The van der Waals surface area contributed by atoms with Gasteiger partial charge < -0.3 is 37.7 Å². The Morgan fingerprint density at radius 2 is 1.44 bits per heavy atom. The molecule has 8 nitrogen and oxygen atoms in total. The molecule has 0 amide bonds. The van der Waals surface area contributed by atoms with Gasteiger partial charge in [0.25, 0.3) is 0 Å². The first kappa shape index (κ1) is 24.9. The Morgan fingerprint density at radius 1 is 0.800 bits per heavy atom. The molecule has 0 aliphatic heterocycles. The zero-order valence-electron chi connectivity index (χ0n) is 16.1. The summed E-state index contributed by atoms with van der Waals surface area (Å²) in [5.41, 5.74) is 0.167. The molecule has 152 valence electrons. The van der Waals surface area contributed by atoms with E-state index in [-0.39, 0.29) is 32.0 Å². The lowest BCUT2D eigenvalue weighted by molar-refractivity contribution is -0.0659. The first-order valence-corrected chi connectivity index (χ1v) is 10.8. The largest absolute Gasteiger partial charge is 0.503 e. The van der Waals surface area contributed by atoms with Gasteiger partial charge in [-0.05, 0) is 13.8 Å². The van der Waals surface area contributed by atoms with Crippen molar-refractivity contribution in [2.75, 3.05) is 66.1 Å². The Labute approximate surface area is 152 Å². The van der Waals surface area contributed by atoms with Crippen LogP contribution >= 0.6 is 0 Å². The summed E-state index contributed by atoms with van der Waals surface area (Å²) in [7, 11) is -2.69. The predicted molar refractivity (Wildman–Crippen MR) is 95.6 cm³/mol. The maximum absolute atomic E-state index is 9.28. The van der Waals surface area contributed by atoms with Crippen LogP contribution in [0.2, 0.25) is 5.54 Å². The van der Waals surface area contributed by atoms with Crippen molar-refractivity contribution in [2.24, 2.45) is 0 Å². The van der Waals surface area contributed by atoms with Crippen molar-refractivity contribution >= 4 is 8.80 Å². The van der Waals surface area contributed by atoms with E-state index in [0.717, 1.165) is 0 Å². The fourth-order valence-corrected chi connectivity index (χ4v) is 4.50. The average Bonchev–Trinajstić information content (AvgIpc) is 2.59. The smallest absolute Gasteiger partial charge is 0.394 e. The number of hydrogen-bond acceptors (Lipinski definition) is 8. The number of aliphatic hydroxyl groups is 2. The molecule has 0 bridgehead atoms. The normalized spacial score (nSPS) is 13.6. The average molecular weight is 385 g/mol. The molecule has 0 radical (unpaired) electrons. The minimum atomic E-state index is -2.69. The number of aliphatic hydroxyl groups excluding tert-OH is 2. The van der Waals surface area contributed by atoms with Gasteiger partial charge in [-0.15, -0.1) is 0 Å². The number of rotatable bonds is 18. The van der Waals surface area contributed by atoms with Crippen LogP contribution in [0.25, 0.3) is 0 Å². The third kappa shape index (κ3) is 11.3. The van der Waals surface area contributed by atoms with E-state index < -0.39 is 14.9 Å². The molecule has 0 aromatic heterocycles. The first-order chi connectivity index (χ1) is 12.1. The van der Waals surface area contributed by atoms with Crippen LogP contribution in [0.4, 0.5) is 0 Å². The molecule has 0 saturated heterocycles. The zero-order chi connectivity index (χ0) is 19.0.